The average Bonchev–Trinajstić information content (AvgIpc) is 2.96. The first-order chi connectivity index (χ1) is 9.58. The third-order valence-electron chi connectivity index (χ3n) is 4.23. The van der Waals surface area contributed by atoms with Crippen molar-refractivity contribution < 1.29 is 4.39 Å². The first-order valence-corrected chi connectivity index (χ1v) is 8.31. The first-order valence-electron chi connectivity index (χ1n) is 6.98. The summed E-state index contributed by atoms with van der Waals surface area (Å²) < 4.78 is 16.3. The third-order valence-corrected chi connectivity index (χ3v) is 5.08. The standard InChI is InChI=1S/C15H17BrClFN2/c1-9-2-3-10(4-9)8-20-14-5-11(16)12(18)6-13(14)19-15(20)7-17/h5-6,9-10H,2-4,7-8H2,1H3. The van der Waals surface area contributed by atoms with Gasteiger partial charge in [0.25, 0.3) is 0 Å². The molecule has 1 saturated carbocycles. The van der Waals surface area contributed by atoms with Gasteiger partial charge in [0, 0.05) is 12.6 Å². The van der Waals surface area contributed by atoms with Crippen molar-refractivity contribution >= 4 is 38.6 Å². The molecule has 0 aliphatic heterocycles. The maximum Gasteiger partial charge on any atom is 0.139 e. The summed E-state index contributed by atoms with van der Waals surface area (Å²) in [5.41, 5.74) is 1.65. The molecular weight excluding hydrogens is 343 g/mol. The number of nitrogens with zero attached hydrogens (tertiary/aromatic N) is 2. The highest BCUT2D eigenvalue weighted by molar-refractivity contribution is 9.10. The molecule has 3 rings (SSSR count). The molecule has 0 radical (unpaired) electrons. The fourth-order valence-corrected chi connectivity index (χ4v) is 3.76. The molecule has 1 aliphatic carbocycles. The van der Waals surface area contributed by atoms with Crippen molar-refractivity contribution in [3.8, 4) is 0 Å². The minimum Gasteiger partial charge on any atom is -0.327 e. The van der Waals surface area contributed by atoms with Crippen LogP contribution >= 0.6 is 27.5 Å². The first kappa shape index (κ1) is 14.3. The van der Waals surface area contributed by atoms with E-state index in [1.807, 2.05) is 6.07 Å². The van der Waals surface area contributed by atoms with Crippen molar-refractivity contribution in [2.75, 3.05) is 0 Å². The summed E-state index contributed by atoms with van der Waals surface area (Å²) in [6.45, 7) is 3.24. The van der Waals surface area contributed by atoms with Gasteiger partial charge in [0.1, 0.15) is 11.6 Å². The quantitative estimate of drug-likeness (QED) is 0.696. The zero-order valence-electron chi connectivity index (χ0n) is 11.4. The lowest BCUT2D eigenvalue weighted by Gasteiger charge is -2.14. The molecule has 0 amide bonds. The molecule has 0 saturated heterocycles. The molecule has 1 aliphatic rings. The van der Waals surface area contributed by atoms with Gasteiger partial charge in [-0.25, -0.2) is 9.37 Å². The van der Waals surface area contributed by atoms with Gasteiger partial charge in [0.2, 0.25) is 0 Å². The predicted octanol–water partition coefficient (Wildman–Crippen LogP) is 5.11. The highest BCUT2D eigenvalue weighted by Crippen LogP contribution is 2.33. The van der Waals surface area contributed by atoms with Crippen LogP contribution < -0.4 is 0 Å². The van der Waals surface area contributed by atoms with Gasteiger partial charge in [-0.1, -0.05) is 13.3 Å². The summed E-state index contributed by atoms with van der Waals surface area (Å²) in [5, 5.41) is 0. The van der Waals surface area contributed by atoms with E-state index in [1.165, 1.54) is 25.3 Å². The van der Waals surface area contributed by atoms with Gasteiger partial charge in [-0.3, -0.25) is 0 Å². The Balaban J connectivity index is 2.01. The Hall–Kier alpha value is -0.610. The Kier molecular flexibility index (Phi) is 4.04. The van der Waals surface area contributed by atoms with Crippen molar-refractivity contribution in [1.29, 1.82) is 0 Å². The zero-order valence-corrected chi connectivity index (χ0v) is 13.7. The predicted molar refractivity (Wildman–Crippen MR) is 83.5 cm³/mol. The molecular formula is C15H17BrClFN2. The molecule has 20 heavy (non-hydrogen) atoms. The Morgan fingerprint density at radius 1 is 1.45 bits per heavy atom. The number of alkyl halides is 1. The van der Waals surface area contributed by atoms with Crippen molar-refractivity contribution in [2.24, 2.45) is 11.8 Å². The van der Waals surface area contributed by atoms with E-state index >= 15 is 0 Å². The zero-order chi connectivity index (χ0) is 14.3. The van der Waals surface area contributed by atoms with Gasteiger partial charge in [-0.2, -0.15) is 0 Å². The molecule has 1 heterocycles. The van der Waals surface area contributed by atoms with E-state index in [-0.39, 0.29) is 5.82 Å². The number of aromatic nitrogens is 2. The summed E-state index contributed by atoms with van der Waals surface area (Å²) in [5.74, 6) is 2.39. The monoisotopic (exact) mass is 358 g/mol. The molecule has 0 spiro atoms. The van der Waals surface area contributed by atoms with Gasteiger partial charge in [0.05, 0.1) is 21.4 Å². The van der Waals surface area contributed by atoms with E-state index in [0.717, 1.165) is 23.8 Å². The van der Waals surface area contributed by atoms with E-state index in [0.29, 0.717) is 21.8 Å². The summed E-state index contributed by atoms with van der Waals surface area (Å²) in [6.07, 6.45) is 3.81. The van der Waals surface area contributed by atoms with Crippen LogP contribution in [0.25, 0.3) is 11.0 Å². The number of rotatable bonds is 3. The second-order valence-corrected chi connectivity index (χ2v) is 6.93. The largest absolute Gasteiger partial charge is 0.327 e. The normalized spacial score (nSPS) is 22.8. The molecule has 2 unspecified atom stereocenters. The highest BCUT2D eigenvalue weighted by atomic mass is 79.9. The summed E-state index contributed by atoms with van der Waals surface area (Å²) in [4.78, 5) is 4.46. The van der Waals surface area contributed by atoms with Crippen molar-refractivity contribution in [3.05, 3.63) is 28.2 Å². The summed E-state index contributed by atoms with van der Waals surface area (Å²) in [6, 6.07) is 3.29. The molecule has 5 heteroatoms. The minimum atomic E-state index is -0.280. The Labute approximate surface area is 131 Å². The van der Waals surface area contributed by atoms with Gasteiger partial charge in [-0.15, -0.1) is 11.6 Å². The molecule has 0 N–H and O–H groups in total. The van der Waals surface area contributed by atoms with Crippen LogP contribution in [0.3, 0.4) is 0 Å². The smallest absolute Gasteiger partial charge is 0.139 e. The summed E-state index contributed by atoms with van der Waals surface area (Å²) >= 11 is 9.26. The SMILES string of the molecule is CC1CCC(Cn2c(CCl)nc3cc(F)c(Br)cc32)C1. The molecule has 2 nitrogen and oxygen atoms in total. The lowest BCUT2D eigenvalue weighted by Crippen LogP contribution is -2.10. The van der Waals surface area contributed by atoms with Gasteiger partial charge in [0.15, 0.2) is 0 Å². The second kappa shape index (κ2) is 5.64. The van der Waals surface area contributed by atoms with E-state index in [1.54, 1.807) is 0 Å². The van der Waals surface area contributed by atoms with Crippen molar-refractivity contribution in [3.63, 3.8) is 0 Å². The van der Waals surface area contributed by atoms with Gasteiger partial charge < -0.3 is 4.57 Å². The lowest BCUT2D eigenvalue weighted by molar-refractivity contribution is 0.441. The number of imidazole rings is 1. The van der Waals surface area contributed by atoms with E-state index in [4.69, 9.17) is 11.6 Å². The molecule has 0 bridgehead atoms. The molecule has 108 valence electrons. The van der Waals surface area contributed by atoms with Crippen molar-refractivity contribution in [1.82, 2.24) is 9.55 Å². The third kappa shape index (κ3) is 2.60. The molecule has 1 aromatic carbocycles. The minimum absolute atomic E-state index is 0.280. The lowest BCUT2D eigenvalue weighted by atomic mass is 10.1. The number of fused-ring (bicyclic) bond motifs is 1. The fourth-order valence-electron chi connectivity index (χ4n) is 3.22. The van der Waals surface area contributed by atoms with Crippen LogP contribution in [0.1, 0.15) is 32.0 Å². The topological polar surface area (TPSA) is 17.8 Å². The van der Waals surface area contributed by atoms with Crippen LogP contribution in [-0.4, -0.2) is 9.55 Å². The fraction of sp³-hybridized carbons (Fsp3) is 0.533. The van der Waals surface area contributed by atoms with Crippen LogP contribution in [0.15, 0.2) is 16.6 Å². The second-order valence-electron chi connectivity index (χ2n) is 5.81. The van der Waals surface area contributed by atoms with Crippen LogP contribution in [0.2, 0.25) is 0 Å². The number of hydrogen-bond acceptors (Lipinski definition) is 1. The van der Waals surface area contributed by atoms with Crippen molar-refractivity contribution in [2.45, 2.75) is 38.6 Å². The number of hydrogen-bond donors (Lipinski definition) is 0. The molecule has 2 atom stereocenters. The van der Waals surface area contributed by atoms with E-state index < -0.39 is 0 Å². The van der Waals surface area contributed by atoms with E-state index in [9.17, 15) is 4.39 Å². The molecule has 2 aromatic rings. The maximum absolute atomic E-state index is 13.6. The molecule has 1 fully saturated rings. The number of benzene rings is 1. The highest BCUT2D eigenvalue weighted by Gasteiger charge is 2.23. The van der Waals surface area contributed by atoms with Crippen LogP contribution in [0, 0.1) is 17.7 Å². The van der Waals surface area contributed by atoms with Gasteiger partial charge in [-0.05, 0) is 46.7 Å². The summed E-state index contributed by atoms with van der Waals surface area (Å²) in [7, 11) is 0. The van der Waals surface area contributed by atoms with Crippen LogP contribution in [-0.2, 0) is 12.4 Å². The number of halogens is 3. The maximum atomic E-state index is 13.6. The Morgan fingerprint density at radius 3 is 2.90 bits per heavy atom. The van der Waals surface area contributed by atoms with Gasteiger partial charge >= 0.3 is 0 Å². The van der Waals surface area contributed by atoms with Crippen LogP contribution in [0.5, 0.6) is 0 Å². The van der Waals surface area contributed by atoms with Crippen LogP contribution in [0.4, 0.5) is 4.39 Å². The van der Waals surface area contributed by atoms with E-state index in [2.05, 4.69) is 32.4 Å². The average molecular weight is 360 g/mol. The Bertz CT molecular complexity index is 640. The molecule has 1 aromatic heterocycles. The Morgan fingerprint density at radius 2 is 2.25 bits per heavy atom.